The highest BCUT2D eigenvalue weighted by molar-refractivity contribution is 6.30. The Balaban J connectivity index is 1.20. The molecule has 3 aromatic carbocycles. The molecule has 0 saturated heterocycles. The topological polar surface area (TPSA) is 97.2 Å². The molecular formula is C29H25ClN6O2. The van der Waals surface area contributed by atoms with Gasteiger partial charge in [0, 0.05) is 16.1 Å². The number of hydrazone groups is 1. The summed E-state index contributed by atoms with van der Waals surface area (Å²) in [7, 11) is 0. The molecule has 9 heteroatoms. The van der Waals surface area contributed by atoms with E-state index >= 15 is 0 Å². The zero-order chi connectivity index (χ0) is 26.5. The maximum absolute atomic E-state index is 12.6. The van der Waals surface area contributed by atoms with E-state index in [1.807, 2.05) is 97.4 Å². The van der Waals surface area contributed by atoms with E-state index in [4.69, 9.17) is 16.3 Å². The van der Waals surface area contributed by atoms with E-state index < -0.39 is 5.91 Å². The van der Waals surface area contributed by atoms with Crippen LogP contribution in [-0.4, -0.2) is 32.1 Å². The van der Waals surface area contributed by atoms with Gasteiger partial charge < -0.3 is 4.74 Å². The minimum absolute atomic E-state index is 0.300. The Morgan fingerprint density at radius 3 is 2.53 bits per heavy atom. The maximum atomic E-state index is 12.6. The van der Waals surface area contributed by atoms with Crippen LogP contribution in [0.2, 0.25) is 5.02 Å². The smallest absolute Gasteiger partial charge is 0.289 e. The molecule has 0 bridgehead atoms. The number of aromatic amines is 1. The second-order valence-corrected chi connectivity index (χ2v) is 9.07. The number of carbonyl (C=O) groups is 1. The monoisotopic (exact) mass is 524 g/mol. The summed E-state index contributed by atoms with van der Waals surface area (Å²) in [6, 6.07) is 26.6. The Kier molecular flexibility index (Phi) is 7.33. The highest BCUT2D eigenvalue weighted by atomic mass is 35.5. The molecule has 0 atom stereocenters. The third-order valence-electron chi connectivity index (χ3n) is 6.00. The van der Waals surface area contributed by atoms with Crippen LogP contribution in [0.3, 0.4) is 0 Å². The summed E-state index contributed by atoms with van der Waals surface area (Å²) in [6.07, 6.45) is 1.61. The number of aromatic nitrogens is 4. The van der Waals surface area contributed by atoms with Crippen LogP contribution in [0.5, 0.6) is 5.75 Å². The van der Waals surface area contributed by atoms with Crippen molar-refractivity contribution in [3.05, 3.63) is 118 Å². The third-order valence-corrected chi connectivity index (χ3v) is 6.25. The standard InChI is InChI=1S/C29H25ClN6O2/c1-19-26(20(2)36(35-19)24-6-4-3-5-7-24)17-31-34-29(37)28-16-27(32-33-28)22-10-14-25(15-11-22)38-18-21-8-12-23(30)13-9-21/h3-17H,18H2,1-2H3,(H,32,33)(H,34,37)/b31-17+. The Labute approximate surface area is 224 Å². The fourth-order valence-electron chi connectivity index (χ4n) is 3.93. The van der Waals surface area contributed by atoms with Gasteiger partial charge in [0.25, 0.3) is 5.91 Å². The van der Waals surface area contributed by atoms with E-state index in [9.17, 15) is 4.79 Å². The number of rotatable bonds is 8. The quantitative estimate of drug-likeness (QED) is 0.196. The van der Waals surface area contributed by atoms with Gasteiger partial charge in [0.05, 0.1) is 29.0 Å². The Morgan fingerprint density at radius 1 is 1.05 bits per heavy atom. The number of H-pyrrole nitrogens is 1. The number of amides is 1. The van der Waals surface area contributed by atoms with Crippen LogP contribution in [0, 0.1) is 13.8 Å². The summed E-state index contributed by atoms with van der Waals surface area (Å²) in [4.78, 5) is 12.6. The molecule has 0 aliphatic rings. The van der Waals surface area contributed by atoms with Gasteiger partial charge in [-0.25, -0.2) is 10.1 Å². The maximum Gasteiger partial charge on any atom is 0.289 e. The van der Waals surface area contributed by atoms with E-state index in [2.05, 4.69) is 25.8 Å². The molecular weight excluding hydrogens is 500 g/mol. The number of halogens is 1. The van der Waals surface area contributed by atoms with Gasteiger partial charge in [-0.05, 0) is 74.0 Å². The number of aryl methyl sites for hydroxylation is 1. The second-order valence-electron chi connectivity index (χ2n) is 8.64. The van der Waals surface area contributed by atoms with Crippen LogP contribution >= 0.6 is 11.6 Å². The van der Waals surface area contributed by atoms with Crippen LogP contribution in [-0.2, 0) is 6.61 Å². The first-order valence-electron chi connectivity index (χ1n) is 12.0. The molecule has 0 saturated carbocycles. The fraction of sp³-hybridized carbons (Fsp3) is 0.103. The largest absolute Gasteiger partial charge is 0.489 e. The predicted octanol–water partition coefficient (Wildman–Crippen LogP) is 5.88. The van der Waals surface area contributed by atoms with Crippen molar-refractivity contribution in [3.8, 4) is 22.7 Å². The zero-order valence-corrected chi connectivity index (χ0v) is 21.6. The number of para-hydroxylation sites is 1. The molecule has 8 nitrogen and oxygen atoms in total. The second kappa shape index (κ2) is 11.1. The Morgan fingerprint density at radius 2 is 1.79 bits per heavy atom. The number of ether oxygens (including phenoxy) is 1. The first-order valence-corrected chi connectivity index (χ1v) is 12.3. The minimum Gasteiger partial charge on any atom is -0.489 e. The number of hydrogen-bond donors (Lipinski definition) is 2. The summed E-state index contributed by atoms with van der Waals surface area (Å²) in [6.45, 7) is 4.31. The highest BCUT2D eigenvalue weighted by Gasteiger charge is 2.13. The minimum atomic E-state index is -0.395. The lowest BCUT2D eigenvalue weighted by atomic mass is 10.1. The molecule has 190 valence electrons. The average molecular weight is 525 g/mol. The third kappa shape index (κ3) is 5.66. The summed E-state index contributed by atoms with van der Waals surface area (Å²) < 4.78 is 7.69. The fourth-order valence-corrected chi connectivity index (χ4v) is 4.06. The van der Waals surface area contributed by atoms with Gasteiger partial charge in [0.15, 0.2) is 0 Å². The van der Waals surface area contributed by atoms with Gasteiger partial charge in [-0.15, -0.1) is 0 Å². The van der Waals surface area contributed by atoms with Crippen LogP contribution in [0.4, 0.5) is 0 Å². The SMILES string of the molecule is Cc1nn(-c2ccccc2)c(C)c1/C=N/NC(=O)c1cc(-c2ccc(OCc3ccc(Cl)cc3)cc2)n[nH]1. The molecule has 0 unspecified atom stereocenters. The van der Waals surface area contributed by atoms with Crippen molar-refractivity contribution < 1.29 is 9.53 Å². The van der Waals surface area contributed by atoms with Gasteiger partial charge in [0.2, 0.25) is 0 Å². The summed E-state index contributed by atoms with van der Waals surface area (Å²) in [5.74, 6) is 0.335. The van der Waals surface area contributed by atoms with Crippen molar-refractivity contribution >= 4 is 23.7 Å². The van der Waals surface area contributed by atoms with Crippen molar-refractivity contribution in [2.75, 3.05) is 0 Å². The van der Waals surface area contributed by atoms with Gasteiger partial charge in [-0.2, -0.15) is 15.3 Å². The van der Waals surface area contributed by atoms with Gasteiger partial charge in [0.1, 0.15) is 18.1 Å². The zero-order valence-electron chi connectivity index (χ0n) is 20.9. The number of benzene rings is 3. The lowest BCUT2D eigenvalue weighted by Gasteiger charge is -2.07. The molecule has 1 amide bonds. The lowest BCUT2D eigenvalue weighted by Crippen LogP contribution is -2.18. The summed E-state index contributed by atoms with van der Waals surface area (Å²) in [5, 5.41) is 16.5. The predicted molar refractivity (Wildman–Crippen MR) is 148 cm³/mol. The van der Waals surface area contributed by atoms with E-state index in [1.165, 1.54) is 0 Å². The first kappa shape index (κ1) is 25.0. The molecule has 5 aromatic rings. The van der Waals surface area contributed by atoms with E-state index in [-0.39, 0.29) is 0 Å². The average Bonchev–Trinajstić information content (AvgIpc) is 3.54. The van der Waals surface area contributed by atoms with Crippen molar-refractivity contribution in [3.63, 3.8) is 0 Å². The van der Waals surface area contributed by atoms with E-state index in [0.717, 1.165) is 39.5 Å². The summed E-state index contributed by atoms with van der Waals surface area (Å²) >= 11 is 5.92. The van der Waals surface area contributed by atoms with Crippen molar-refractivity contribution in [1.29, 1.82) is 0 Å². The molecule has 0 spiro atoms. The van der Waals surface area contributed by atoms with Gasteiger partial charge in [-0.3, -0.25) is 9.89 Å². The number of hydrogen-bond acceptors (Lipinski definition) is 5. The summed E-state index contributed by atoms with van der Waals surface area (Å²) in [5.41, 5.74) is 8.92. The van der Waals surface area contributed by atoms with Gasteiger partial charge in [-0.1, -0.05) is 41.9 Å². The molecule has 0 fully saturated rings. The number of nitrogens with one attached hydrogen (secondary N) is 2. The molecule has 5 rings (SSSR count). The van der Waals surface area contributed by atoms with Crippen LogP contribution in [0.25, 0.3) is 16.9 Å². The molecule has 2 aromatic heterocycles. The van der Waals surface area contributed by atoms with Crippen LogP contribution in [0.15, 0.2) is 90.0 Å². The normalized spacial score (nSPS) is 11.1. The van der Waals surface area contributed by atoms with Crippen LogP contribution < -0.4 is 10.2 Å². The lowest BCUT2D eigenvalue weighted by molar-refractivity contribution is 0.0950. The molecule has 2 N–H and O–H groups in total. The first-order chi connectivity index (χ1) is 18.5. The number of nitrogens with zero attached hydrogens (tertiary/aromatic N) is 4. The number of carbonyl (C=O) groups excluding carboxylic acids is 1. The van der Waals surface area contributed by atoms with E-state index in [0.29, 0.717) is 23.0 Å². The van der Waals surface area contributed by atoms with Crippen LogP contribution in [0.1, 0.15) is 33.0 Å². The molecule has 0 radical (unpaired) electrons. The Hall–Kier alpha value is -4.69. The molecule has 0 aliphatic carbocycles. The van der Waals surface area contributed by atoms with Crippen molar-refractivity contribution in [2.45, 2.75) is 20.5 Å². The van der Waals surface area contributed by atoms with Crippen molar-refractivity contribution in [1.82, 2.24) is 25.4 Å². The van der Waals surface area contributed by atoms with E-state index in [1.54, 1.807) is 12.3 Å². The molecule has 38 heavy (non-hydrogen) atoms. The van der Waals surface area contributed by atoms with Gasteiger partial charge >= 0.3 is 0 Å². The highest BCUT2D eigenvalue weighted by Crippen LogP contribution is 2.22. The van der Waals surface area contributed by atoms with Crippen molar-refractivity contribution in [2.24, 2.45) is 5.10 Å². The molecule has 2 heterocycles. The Bertz CT molecular complexity index is 1570. The molecule has 0 aliphatic heterocycles.